The third kappa shape index (κ3) is 2.79. The van der Waals surface area contributed by atoms with Gasteiger partial charge in [0.25, 0.3) is 0 Å². The normalized spacial score (nSPS) is 17.7. The van der Waals surface area contributed by atoms with E-state index in [1.807, 2.05) is 25.1 Å². The van der Waals surface area contributed by atoms with E-state index in [0.717, 1.165) is 41.9 Å². The number of aryl methyl sites for hydroxylation is 1. The number of benzene rings is 1. The van der Waals surface area contributed by atoms with Gasteiger partial charge in [-0.25, -0.2) is 9.97 Å². The topological polar surface area (TPSA) is 58.1 Å². The summed E-state index contributed by atoms with van der Waals surface area (Å²) in [4.78, 5) is 22.9. The number of nitrogens with one attached hydrogen (secondary N) is 1. The molecular formula is C17H20N4O. The van der Waals surface area contributed by atoms with Crippen molar-refractivity contribution in [2.45, 2.75) is 25.8 Å². The van der Waals surface area contributed by atoms with Gasteiger partial charge in [-0.1, -0.05) is 18.7 Å². The molecule has 0 bridgehead atoms. The molecule has 0 aliphatic carbocycles. The zero-order chi connectivity index (χ0) is 15.5. The number of amides is 1. The minimum Gasteiger partial charge on any atom is -0.351 e. The van der Waals surface area contributed by atoms with Crippen LogP contribution in [0.1, 0.15) is 18.7 Å². The van der Waals surface area contributed by atoms with Crippen LogP contribution in [0.3, 0.4) is 0 Å². The molecule has 1 amide bonds. The minimum absolute atomic E-state index is 0.129. The van der Waals surface area contributed by atoms with Crippen LogP contribution in [0.5, 0.6) is 0 Å². The number of hydrogen-bond donors (Lipinski definition) is 1. The van der Waals surface area contributed by atoms with Crippen molar-refractivity contribution in [1.82, 2.24) is 15.3 Å². The number of anilines is 1. The molecule has 1 aromatic carbocycles. The molecule has 0 unspecified atom stereocenters. The second-order valence-corrected chi connectivity index (χ2v) is 5.55. The lowest BCUT2D eigenvalue weighted by molar-refractivity contribution is -0.116. The summed E-state index contributed by atoms with van der Waals surface area (Å²) in [5, 5.41) is 3.96. The van der Waals surface area contributed by atoms with Gasteiger partial charge in [-0.15, -0.1) is 0 Å². The average molecular weight is 296 g/mol. The smallest absolute Gasteiger partial charge is 0.243 e. The van der Waals surface area contributed by atoms with Crippen LogP contribution in [-0.4, -0.2) is 35.0 Å². The van der Waals surface area contributed by atoms with Crippen LogP contribution in [0.15, 0.2) is 36.9 Å². The molecule has 1 fully saturated rings. The average Bonchev–Trinajstić information content (AvgIpc) is 3.00. The van der Waals surface area contributed by atoms with Gasteiger partial charge in [0.05, 0.1) is 5.52 Å². The molecule has 1 saturated heterocycles. The van der Waals surface area contributed by atoms with E-state index >= 15 is 0 Å². The van der Waals surface area contributed by atoms with E-state index in [9.17, 15) is 4.79 Å². The number of aromatic nitrogens is 2. The molecule has 1 atom stereocenters. The maximum absolute atomic E-state index is 11.4. The molecular weight excluding hydrogens is 276 g/mol. The third-order valence-corrected chi connectivity index (χ3v) is 4.04. The van der Waals surface area contributed by atoms with Crippen molar-refractivity contribution in [2.24, 2.45) is 0 Å². The molecule has 2 aromatic rings. The minimum atomic E-state index is -0.129. The fourth-order valence-electron chi connectivity index (χ4n) is 3.01. The lowest BCUT2D eigenvalue weighted by Crippen LogP contribution is -2.40. The molecule has 22 heavy (non-hydrogen) atoms. The van der Waals surface area contributed by atoms with Gasteiger partial charge in [0.2, 0.25) is 5.91 Å². The predicted octanol–water partition coefficient (Wildman–Crippen LogP) is 2.21. The summed E-state index contributed by atoms with van der Waals surface area (Å²) in [6.45, 7) is 6.97. The van der Waals surface area contributed by atoms with Crippen LogP contribution < -0.4 is 10.2 Å². The Kier molecular flexibility index (Phi) is 4.04. The number of hydrogen-bond acceptors (Lipinski definition) is 4. The number of nitrogens with zero attached hydrogens (tertiary/aromatic N) is 3. The molecule has 5 heteroatoms. The van der Waals surface area contributed by atoms with E-state index in [0.29, 0.717) is 6.54 Å². The first-order valence-corrected chi connectivity index (χ1v) is 7.59. The van der Waals surface area contributed by atoms with Crippen molar-refractivity contribution in [3.05, 3.63) is 42.7 Å². The SMILES string of the molecule is C=CC(=O)NC[C@@H]1CCCN1c1nc(C)nc2ccccc12. The van der Waals surface area contributed by atoms with E-state index in [4.69, 9.17) is 0 Å². The Hall–Kier alpha value is -2.43. The highest BCUT2D eigenvalue weighted by Gasteiger charge is 2.27. The third-order valence-electron chi connectivity index (χ3n) is 4.04. The monoisotopic (exact) mass is 296 g/mol. The highest BCUT2D eigenvalue weighted by atomic mass is 16.1. The van der Waals surface area contributed by atoms with Crippen molar-refractivity contribution in [1.29, 1.82) is 0 Å². The summed E-state index contributed by atoms with van der Waals surface area (Å²) in [7, 11) is 0. The summed E-state index contributed by atoms with van der Waals surface area (Å²) in [5.74, 6) is 1.61. The second kappa shape index (κ2) is 6.13. The quantitative estimate of drug-likeness (QED) is 0.879. The van der Waals surface area contributed by atoms with Crippen molar-refractivity contribution >= 4 is 22.6 Å². The largest absolute Gasteiger partial charge is 0.351 e. The van der Waals surface area contributed by atoms with Gasteiger partial charge in [-0.2, -0.15) is 0 Å². The molecule has 1 N–H and O–H groups in total. The highest BCUT2D eigenvalue weighted by Crippen LogP contribution is 2.29. The first-order valence-electron chi connectivity index (χ1n) is 7.59. The molecule has 0 spiro atoms. The van der Waals surface area contributed by atoms with Crippen molar-refractivity contribution in [2.75, 3.05) is 18.0 Å². The maximum atomic E-state index is 11.4. The van der Waals surface area contributed by atoms with Crippen molar-refractivity contribution < 1.29 is 4.79 Å². The molecule has 1 aliphatic heterocycles. The zero-order valence-corrected chi connectivity index (χ0v) is 12.7. The van der Waals surface area contributed by atoms with Gasteiger partial charge in [-0.3, -0.25) is 4.79 Å². The van der Waals surface area contributed by atoms with Gasteiger partial charge in [0, 0.05) is 24.5 Å². The van der Waals surface area contributed by atoms with Gasteiger partial charge >= 0.3 is 0 Å². The Morgan fingerprint density at radius 3 is 3.09 bits per heavy atom. The second-order valence-electron chi connectivity index (χ2n) is 5.55. The van der Waals surface area contributed by atoms with Gasteiger partial charge < -0.3 is 10.2 Å². The molecule has 2 heterocycles. The van der Waals surface area contributed by atoms with Crippen molar-refractivity contribution in [3.63, 3.8) is 0 Å². The summed E-state index contributed by atoms with van der Waals surface area (Å²) in [6, 6.07) is 8.33. The van der Waals surface area contributed by atoms with Crippen molar-refractivity contribution in [3.8, 4) is 0 Å². The van der Waals surface area contributed by atoms with Crippen LogP contribution in [0, 0.1) is 6.92 Å². The Bertz CT molecular complexity index is 713. The number of carbonyl (C=O) groups excluding carboxylic acids is 1. The molecule has 3 rings (SSSR count). The first-order chi connectivity index (χ1) is 10.7. The summed E-state index contributed by atoms with van der Waals surface area (Å²) >= 11 is 0. The summed E-state index contributed by atoms with van der Waals surface area (Å²) in [6.07, 6.45) is 3.46. The Labute approximate surface area is 130 Å². The van der Waals surface area contributed by atoms with E-state index < -0.39 is 0 Å². The molecule has 1 aromatic heterocycles. The van der Waals surface area contributed by atoms with Gasteiger partial charge in [0.1, 0.15) is 11.6 Å². The zero-order valence-electron chi connectivity index (χ0n) is 12.7. The van der Waals surface area contributed by atoms with E-state index in [1.165, 1.54) is 6.08 Å². The summed E-state index contributed by atoms with van der Waals surface area (Å²) in [5.41, 5.74) is 0.964. The fraction of sp³-hybridized carbons (Fsp3) is 0.353. The summed E-state index contributed by atoms with van der Waals surface area (Å²) < 4.78 is 0. The Morgan fingerprint density at radius 2 is 2.27 bits per heavy atom. The molecule has 0 saturated carbocycles. The predicted molar refractivity (Wildman–Crippen MR) is 87.8 cm³/mol. The molecule has 1 aliphatic rings. The molecule has 0 radical (unpaired) electrons. The van der Waals surface area contributed by atoms with Crippen LogP contribution >= 0.6 is 0 Å². The van der Waals surface area contributed by atoms with Gasteiger partial charge in [-0.05, 0) is 38.0 Å². The highest BCUT2D eigenvalue weighted by molar-refractivity contribution is 5.90. The van der Waals surface area contributed by atoms with Crippen LogP contribution in [0.2, 0.25) is 0 Å². The maximum Gasteiger partial charge on any atom is 0.243 e. The van der Waals surface area contributed by atoms with Crippen LogP contribution in [0.25, 0.3) is 10.9 Å². The number of rotatable bonds is 4. The first kappa shape index (κ1) is 14.5. The Morgan fingerprint density at radius 1 is 1.45 bits per heavy atom. The standard InChI is InChI=1S/C17H20N4O/c1-3-16(22)18-11-13-7-6-10-21(13)17-14-8-4-5-9-15(14)19-12(2)20-17/h3-5,8-9,13H,1,6-7,10-11H2,2H3,(H,18,22)/t13-/m0/s1. The number of carbonyl (C=O) groups is 1. The van der Waals surface area contributed by atoms with E-state index in [1.54, 1.807) is 0 Å². The Balaban J connectivity index is 1.92. The van der Waals surface area contributed by atoms with E-state index in [2.05, 4.69) is 32.8 Å². The van der Waals surface area contributed by atoms with Crippen LogP contribution in [-0.2, 0) is 4.79 Å². The lowest BCUT2D eigenvalue weighted by atomic mass is 10.2. The molecule has 5 nitrogen and oxygen atoms in total. The lowest BCUT2D eigenvalue weighted by Gasteiger charge is -2.27. The molecule has 114 valence electrons. The number of fused-ring (bicyclic) bond motifs is 1. The number of para-hydroxylation sites is 1. The fourth-order valence-corrected chi connectivity index (χ4v) is 3.01. The van der Waals surface area contributed by atoms with Gasteiger partial charge in [0.15, 0.2) is 0 Å². The van der Waals surface area contributed by atoms with E-state index in [-0.39, 0.29) is 11.9 Å². The van der Waals surface area contributed by atoms with Crippen LogP contribution in [0.4, 0.5) is 5.82 Å².